The van der Waals surface area contributed by atoms with Crippen LogP contribution < -0.4 is 0 Å². The lowest BCUT2D eigenvalue weighted by atomic mass is 9.42. The van der Waals surface area contributed by atoms with E-state index >= 15 is 0 Å². The van der Waals surface area contributed by atoms with Gasteiger partial charge in [0.25, 0.3) is 0 Å². The van der Waals surface area contributed by atoms with Gasteiger partial charge in [-0.25, -0.2) is 0 Å². The molecule has 1 unspecified atom stereocenters. The quantitative estimate of drug-likeness (QED) is 0.702. The van der Waals surface area contributed by atoms with E-state index in [-0.39, 0.29) is 22.5 Å². The number of hydrogen-bond donors (Lipinski definition) is 0. The van der Waals surface area contributed by atoms with Crippen LogP contribution in [0.3, 0.4) is 0 Å². The van der Waals surface area contributed by atoms with Crippen molar-refractivity contribution in [3.05, 3.63) is 11.6 Å². The number of Topliss-reactive ketones (excluding diaryl/α,β-unsaturated/α-hetero) is 2. The summed E-state index contributed by atoms with van der Waals surface area (Å²) in [6, 6.07) is 0. The third-order valence-electron chi connectivity index (χ3n) is 7.19. The van der Waals surface area contributed by atoms with Crippen LogP contribution in [0.4, 0.5) is 0 Å². The molecule has 3 aliphatic rings. The summed E-state index contributed by atoms with van der Waals surface area (Å²) >= 11 is 0. The van der Waals surface area contributed by atoms with E-state index in [1.54, 1.807) is 0 Å². The summed E-state index contributed by atoms with van der Waals surface area (Å²) in [6.45, 7) is 11.2. The van der Waals surface area contributed by atoms with Crippen molar-refractivity contribution in [2.24, 2.45) is 28.1 Å². The fourth-order valence-electron chi connectivity index (χ4n) is 5.97. The van der Waals surface area contributed by atoms with Gasteiger partial charge in [0, 0.05) is 12.8 Å². The zero-order chi connectivity index (χ0) is 16.3. The van der Waals surface area contributed by atoms with Gasteiger partial charge >= 0.3 is 0 Å². The largest absolute Gasteiger partial charge is 0.299 e. The van der Waals surface area contributed by atoms with Crippen LogP contribution in [0.5, 0.6) is 0 Å². The Morgan fingerprint density at radius 3 is 2.41 bits per heavy atom. The number of rotatable bonds is 1. The lowest BCUT2D eigenvalue weighted by Crippen LogP contribution is -2.57. The molecule has 2 heteroatoms. The number of carbonyl (C=O) groups is 2. The van der Waals surface area contributed by atoms with Crippen molar-refractivity contribution < 1.29 is 9.59 Å². The second-order valence-electron chi connectivity index (χ2n) is 9.10. The van der Waals surface area contributed by atoms with Crippen molar-refractivity contribution in [2.45, 2.75) is 73.1 Å². The third kappa shape index (κ3) is 1.91. The minimum Gasteiger partial charge on any atom is -0.299 e. The van der Waals surface area contributed by atoms with E-state index in [9.17, 15) is 9.59 Å². The maximum absolute atomic E-state index is 13.0. The third-order valence-corrected chi connectivity index (χ3v) is 7.19. The van der Waals surface area contributed by atoms with Crippen LogP contribution in [0, 0.1) is 28.1 Å². The van der Waals surface area contributed by atoms with Crippen LogP contribution in [0.2, 0.25) is 0 Å². The first kappa shape index (κ1) is 16.0. The molecule has 122 valence electrons. The molecule has 0 bridgehead atoms. The molecule has 0 amide bonds. The topological polar surface area (TPSA) is 34.1 Å². The molecule has 0 N–H and O–H groups in total. The molecule has 0 aromatic heterocycles. The molecular weight excluding hydrogens is 272 g/mol. The minimum atomic E-state index is -0.510. The van der Waals surface area contributed by atoms with E-state index in [4.69, 9.17) is 0 Å². The van der Waals surface area contributed by atoms with E-state index < -0.39 is 5.41 Å². The first-order chi connectivity index (χ1) is 10.1. The Kier molecular flexibility index (Phi) is 3.47. The maximum atomic E-state index is 13.0. The molecule has 0 radical (unpaired) electrons. The zero-order valence-corrected chi connectivity index (χ0v) is 14.8. The van der Waals surface area contributed by atoms with Crippen LogP contribution >= 0.6 is 0 Å². The van der Waals surface area contributed by atoms with E-state index in [2.05, 4.69) is 40.7 Å². The van der Waals surface area contributed by atoms with Crippen molar-refractivity contribution in [3.8, 4) is 0 Å². The molecule has 2 fully saturated rings. The van der Waals surface area contributed by atoms with E-state index in [1.165, 1.54) is 12.8 Å². The van der Waals surface area contributed by atoms with Crippen LogP contribution in [0.1, 0.15) is 73.1 Å². The molecule has 3 atom stereocenters. The SMILES string of the molecule is CC(C)C1=C[C@]2(CC1=O)C(=O)CCC1C(C)(C)CCC[C@@]12C. The number of hydrogen-bond acceptors (Lipinski definition) is 2. The standard InChI is InChI=1S/C20H30O2/c1-13(2)14-11-20(12-15(14)21)17(22)8-7-16-18(3,4)9-6-10-19(16,20)5/h11,13,16H,6-10,12H2,1-5H3/t16?,19-,20-/m0/s1. The monoisotopic (exact) mass is 302 g/mol. The summed E-state index contributed by atoms with van der Waals surface area (Å²) in [4.78, 5) is 25.6. The molecule has 2 nitrogen and oxygen atoms in total. The fraction of sp³-hybridized carbons (Fsp3) is 0.800. The van der Waals surface area contributed by atoms with Gasteiger partial charge in [-0.3, -0.25) is 9.59 Å². The summed E-state index contributed by atoms with van der Waals surface area (Å²) in [5.41, 5.74) is 0.623. The highest BCUT2D eigenvalue weighted by molar-refractivity contribution is 6.06. The number of carbonyl (C=O) groups excluding carboxylic acids is 2. The first-order valence-corrected chi connectivity index (χ1v) is 8.93. The summed E-state index contributed by atoms with van der Waals surface area (Å²) in [5.74, 6) is 1.31. The van der Waals surface area contributed by atoms with Crippen molar-refractivity contribution in [1.82, 2.24) is 0 Å². The van der Waals surface area contributed by atoms with Crippen molar-refractivity contribution >= 4 is 11.6 Å². The van der Waals surface area contributed by atoms with Crippen molar-refractivity contribution in [3.63, 3.8) is 0 Å². The van der Waals surface area contributed by atoms with E-state index in [0.717, 1.165) is 18.4 Å². The van der Waals surface area contributed by atoms with E-state index in [1.807, 2.05) is 0 Å². The van der Waals surface area contributed by atoms with Crippen LogP contribution in [-0.2, 0) is 9.59 Å². The normalized spacial score (nSPS) is 41.0. The average Bonchev–Trinajstić information content (AvgIpc) is 2.75. The van der Waals surface area contributed by atoms with Gasteiger partial charge in [-0.2, -0.15) is 0 Å². The predicted molar refractivity (Wildman–Crippen MR) is 88.4 cm³/mol. The van der Waals surface area contributed by atoms with E-state index in [0.29, 0.717) is 24.5 Å². The Balaban J connectivity index is 2.13. The molecule has 2 saturated carbocycles. The second-order valence-corrected chi connectivity index (χ2v) is 9.10. The molecular formula is C20H30O2. The second kappa shape index (κ2) is 4.79. The van der Waals surface area contributed by atoms with Gasteiger partial charge in [-0.1, -0.05) is 47.1 Å². The highest BCUT2D eigenvalue weighted by Gasteiger charge is 2.64. The van der Waals surface area contributed by atoms with Gasteiger partial charge in [0.1, 0.15) is 5.78 Å². The molecule has 22 heavy (non-hydrogen) atoms. The van der Waals surface area contributed by atoms with Crippen LogP contribution in [0.25, 0.3) is 0 Å². The van der Waals surface area contributed by atoms with Gasteiger partial charge < -0.3 is 0 Å². The summed E-state index contributed by atoms with van der Waals surface area (Å²) in [7, 11) is 0. The molecule has 0 heterocycles. The predicted octanol–water partition coefficient (Wildman–Crippen LogP) is 4.72. The van der Waals surface area contributed by atoms with Gasteiger partial charge in [0.15, 0.2) is 5.78 Å². The number of ketones is 2. The molecule has 3 aliphatic carbocycles. The fourth-order valence-corrected chi connectivity index (χ4v) is 5.97. The highest BCUT2D eigenvalue weighted by atomic mass is 16.1. The first-order valence-electron chi connectivity index (χ1n) is 8.93. The molecule has 0 aromatic rings. The Hall–Kier alpha value is -0.920. The Labute approximate surface area is 134 Å². The Bertz CT molecular complexity index is 554. The zero-order valence-electron chi connectivity index (χ0n) is 14.8. The lowest BCUT2D eigenvalue weighted by Gasteiger charge is -2.60. The average molecular weight is 302 g/mol. The smallest absolute Gasteiger partial charge is 0.160 e. The lowest BCUT2D eigenvalue weighted by molar-refractivity contribution is -0.156. The summed E-state index contributed by atoms with van der Waals surface area (Å²) in [6.07, 6.45) is 7.71. The molecule has 3 rings (SSSR count). The van der Waals surface area contributed by atoms with Crippen molar-refractivity contribution in [1.29, 1.82) is 0 Å². The molecule has 0 aromatic carbocycles. The van der Waals surface area contributed by atoms with Crippen LogP contribution in [0.15, 0.2) is 11.6 Å². The highest BCUT2D eigenvalue weighted by Crippen LogP contribution is 2.66. The summed E-state index contributed by atoms with van der Waals surface area (Å²) < 4.78 is 0. The number of fused-ring (bicyclic) bond motifs is 2. The maximum Gasteiger partial charge on any atom is 0.160 e. The minimum absolute atomic E-state index is 0.0453. The van der Waals surface area contributed by atoms with Crippen molar-refractivity contribution in [2.75, 3.05) is 0 Å². The van der Waals surface area contributed by atoms with Gasteiger partial charge in [-0.05, 0) is 47.5 Å². The van der Waals surface area contributed by atoms with Crippen LogP contribution in [-0.4, -0.2) is 11.6 Å². The Morgan fingerprint density at radius 2 is 1.82 bits per heavy atom. The number of allylic oxidation sites excluding steroid dienone is 2. The molecule has 1 spiro atoms. The molecule has 0 aliphatic heterocycles. The molecule has 0 saturated heterocycles. The summed E-state index contributed by atoms with van der Waals surface area (Å²) in [5, 5.41) is 0. The van der Waals surface area contributed by atoms with Gasteiger partial charge in [0.2, 0.25) is 0 Å². The van der Waals surface area contributed by atoms with Gasteiger partial charge in [-0.15, -0.1) is 0 Å². The van der Waals surface area contributed by atoms with Gasteiger partial charge in [0.05, 0.1) is 5.41 Å². The Morgan fingerprint density at radius 1 is 1.14 bits per heavy atom.